The summed E-state index contributed by atoms with van der Waals surface area (Å²) in [7, 11) is 0. The van der Waals surface area contributed by atoms with E-state index in [9.17, 15) is 4.79 Å². The highest BCUT2D eigenvalue weighted by Crippen LogP contribution is 2.29. The zero-order valence-corrected chi connectivity index (χ0v) is 9.67. The Morgan fingerprint density at radius 3 is 3.00 bits per heavy atom. The molecule has 1 rings (SSSR count). The van der Waals surface area contributed by atoms with E-state index in [0.29, 0.717) is 12.3 Å². The molecule has 0 saturated carbocycles. The molecule has 86 valence electrons. The SMILES string of the molecule is CCCCCC1=CCCC(CC(=O)O)C1. The fraction of sp³-hybridized carbons (Fsp3) is 0.769. The Morgan fingerprint density at radius 2 is 2.33 bits per heavy atom. The lowest BCUT2D eigenvalue weighted by atomic mass is 9.85. The highest BCUT2D eigenvalue weighted by molar-refractivity contribution is 5.67. The minimum atomic E-state index is -0.644. The first-order valence-electron chi connectivity index (χ1n) is 6.12. The molecule has 0 heterocycles. The number of carboxylic acids is 1. The topological polar surface area (TPSA) is 37.3 Å². The first-order chi connectivity index (χ1) is 7.22. The molecule has 0 aromatic carbocycles. The second kappa shape index (κ2) is 6.65. The summed E-state index contributed by atoms with van der Waals surface area (Å²) in [5.41, 5.74) is 1.50. The normalized spacial score (nSPS) is 21.1. The Morgan fingerprint density at radius 1 is 1.53 bits per heavy atom. The second-order valence-electron chi connectivity index (χ2n) is 4.56. The third-order valence-electron chi connectivity index (χ3n) is 3.12. The summed E-state index contributed by atoms with van der Waals surface area (Å²) < 4.78 is 0. The molecule has 1 atom stereocenters. The van der Waals surface area contributed by atoms with E-state index >= 15 is 0 Å². The van der Waals surface area contributed by atoms with Gasteiger partial charge in [0.1, 0.15) is 0 Å². The van der Waals surface area contributed by atoms with Crippen LogP contribution in [0.3, 0.4) is 0 Å². The molecule has 0 aromatic heterocycles. The van der Waals surface area contributed by atoms with Crippen LogP contribution >= 0.6 is 0 Å². The maximum absolute atomic E-state index is 10.6. The number of carbonyl (C=O) groups is 1. The number of rotatable bonds is 6. The number of unbranched alkanes of at least 4 members (excludes halogenated alkanes) is 2. The molecule has 2 nitrogen and oxygen atoms in total. The fourth-order valence-corrected chi connectivity index (χ4v) is 2.31. The van der Waals surface area contributed by atoms with Gasteiger partial charge in [0.2, 0.25) is 0 Å². The summed E-state index contributed by atoms with van der Waals surface area (Å²) >= 11 is 0. The minimum absolute atomic E-state index is 0.352. The van der Waals surface area contributed by atoms with E-state index in [1.54, 1.807) is 0 Å². The lowest BCUT2D eigenvalue weighted by molar-refractivity contribution is -0.138. The summed E-state index contributed by atoms with van der Waals surface area (Å²) in [6, 6.07) is 0. The van der Waals surface area contributed by atoms with Gasteiger partial charge in [0.25, 0.3) is 0 Å². The monoisotopic (exact) mass is 210 g/mol. The van der Waals surface area contributed by atoms with Crippen LogP contribution in [0.25, 0.3) is 0 Å². The van der Waals surface area contributed by atoms with Gasteiger partial charge in [-0.2, -0.15) is 0 Å². The van der Waals surface area contributed by atoms with Gasteiger partial charge in [-0.25, -0.2) is 0 Å². The predicted molar refractivity (Wildman–Crippen MR) is 61.8 cm³/mol. The summed E-state index contributed by atoms with van der Waals surface area (Å²) in [6.45, 7) is 2.21. The van der Waals surface area contributed by atoms with Gasteiger partial charge in [0.15, 0.2) is 0 Å². The van der Waals surface area contributed by atoms with Crippen molar-refractivity contribution in [2.45, 2.75) is 58.3 Å². The standard InChI is InChI=1S/C13H22O2/c1-2-3-4-6-11-7-5-8-12(9-11)10-13(14)15/h7,12H,2-6,8-10H2,1H3,(H,14,15). The quantitative estimate of drug-likeness (QED) is 0.535. The van der Waals surface area contributed by atoms with Crippen molar-refractivity contribution in [1.29, 1.82) is 0 Å². The Kier molecular flexibility index (Phi) is 5.44. The van der Waals surface area contributed by atoms with Crippen LogP contribution in [-0.2, 0) is 4.79 Å². The molecule has 0 fully saturated rings. The van der Waals surface area contributed by atoms with E-state index in [-0.39, 0.29) is 0 Å². The van der Waals surface area contributed by atoms with E-state index in [4.69, 9.17) is 5.11 Å². The molecule has 0 spiro atoms. The van der Waals surface area contributed by atoms with Crippen LogP contribution in [0.15, 0.2) is 11.6 Å². The van der Waals surface area contributed by atoms with Gasteiger partial charge in [-0.05, 0) is 38.0 Å². The van der Waals surface area contributed by atoms with Crippen molar-refractivity contribution in [1.82, 2.24) is 0 Å². The Labute approximate surface area is 92.4 Å². The molecule has 0 bridgehead atoms. The van der Waals surface area contributed by atoms with E-state index in [1.807, 2.05) is 0 Å². The highest BCUT2D eigenvalue weighted by Gasteiger charge is 2.17. The molecular formula is C13H22O2. The smallest absolute Gasteiger partial charge is 0.303 e. The fourth-order valence-electron chi connectivity index (χ4n) is 2.31. The van der Waals surface area contributed by atoms with Crippen molar-refractivity contribution in [2.24, 2.45) is 5.92 Å². The molecule has 1 N–H and O–H groups in total. The molecule has 1 aliphatic carbocycles. The van der Waals surface area contributed by atoms with Crippen molar-refractivity contribution in [3.63, 3.8) is 0 Å². The number of hydrogen-bond donors (Lipinski definition) is 1. The summed E-state index contributed by atoms with van der Waals surface area (Å²) in [5.74, 6) is -0.251. The van der Waals surface area contributed by atoms with E-state index < -0.39 is 5.97 Å². The Hall–Kier alpha value is -0.790. The van der Waals surface area contributed by atoms with Crippen molar-refractivity contribution < 1.29 is 9.90 Å². The van der Waals surface area contributed by atoms with Crippen molar-refractivity contribution in [3.05, 3.63) is 11.6 Å². The molecule has 0 amide bonds. The molecule has 0 saturated heterocycles. The van der Waals surface area contributed by atoms with Crippen molar-refractivity contribution >= 4 is 5.97 Å². The van der Waals surface area contributed by atoms with E-state index in [1.165, 1.54) is 31.3 Å². The van der Waals surface area contributed by atoms with Crippen LogP contribution in [0, 0.1) is 5.92 Å². The van der Waals surface area contributed by atoms with Crippen molar-refractivity contribution in [3.8, 4) is 0 Å². The van der Waals surface area contributed by atoms with Gasteiger partial charge in [-0.1, -0.05) is 31.4 Å². The molecule has 1 aliphatic rings. The average Bonchev–Trinajstić information content (AvgIpc) is 2.18. The molecular weight excluding hydrogens is 188 g/mol. The molecule has 2 heteroatoms. The Bertz CT molecular complexity index is 231. The van der Waals surface area contributed by atoms with E-state index in [0.717, 1.165) is 19.3 Å². The van der Waals surface area contributed by atoms with E-state index in [2.05, 4.69) is 13.0 Å². The van der Waals surface area contributed by atoms with Crippen LogP contribution in [-0.4, -0.2) is 11.1 Å². The highest BCUT2D eigenvalue weighted by atomic mass is 16.4. The zero-order valence-electron chi connectivity index (χ0n) is 9.67. The van der Waals surface area contributed by atoms with Crippen molar-refractivity contribution in [2.75, 3.05) is 0 Å². The average molecular weight is 210 g/mol. The van der Waals surface area contributed by atoms with Gasteiger partial charge in [-0.15, -0.1) is 0 Å². The van der Waals surface area contributed by atoms with Crippen LogP contribution in [0.5, 0.6) is 0 Å². The van der Waals surface area contributed by atoms with Gasteiger partial charge < -0.3 is 5.11 Å². The number of hydrogen-bond acceptors (Lipinski definition) is 1. The van der Waals surface area contributed by atoms with Crippen LogP contribution in [0.1, 0.15) is 58.3 Å². The van der Waals surface area contributed by atoms with Gasteiger partial charge >= 0.3 is 5.97 Å². The maximum atomic E-state index is 10.6. The minimum Gasteiger partial charge on any atom is -0.481 e. The second-order valence-corrected chi connectivity index (χ2v) is 4.56. The van der Waals surface area contributed by atoms with Gasteiger partial charge in [0, 0.05) is 6.42 Å². The maximum Gasteiger partial charge on any atom is 0.303 e. The summed E-state index contributed by atoms with van der Waals surface area (Å²) in [4.78, 5) is 10.6. The lowest BCUT2D eigenvalue weighted by Gasteiger charge is -2.21. The number of carboxylic acid groups (broad SMARTS) is 1. The number of allylic oxidation sites excluding steroid dienone is 2. The first kappa shape index (κ1) is 12.3. The molecule has 1 unspecified atom stereocenters. The molecule has 15 heavy (non-hydrogen) atoms. The molecule has 0 aliphatic heterocycles. The van der Waals surface area contributed by atoms with Crippen LogP contribution < -0.4 is 0 Å². The van der Waals surface area contributed by atoms with Gasteiger partial charge in [0.05, 0.1) is 0 Å². The Balaban J connectivity index is 2.27. The van der Waals surface area contributed by atoms with Gasteiger partial charge in [-0.3, -0.25) is 4.79 Å². The zero-order chi connectivity index (χ0) is 11.1. The molecule has 0 aromatic rings. The third-order valence-corrected chi connectivity index (χ3v) is 3.12. The number of aliphatic carboxylic acids is 1. The predicted octanol–water partition coefficient (Wildman–Crippen LogP) is 3.77. The third kappa shape index (κ3) is 5.01. The first-order valence-corrected chi connectivity index (χ1v) is 6.12. The van der Waals surface area contributed by atoms with Crippen LogP contribution in [0.4, 0.5) is 0 Å². The molecule has 0 radical (unpaired) electrons. The lowest BCUT2D eigenvalue weighted by Crippen LogP contribution is -2.11. The van der Waals surface area contributed by atoms with Crippen LogP contribution in [0.2, 0.25) is 0 Å². The largest absolute Gasteiger partial charge is 0.481 e. The summed E-state index contributed by atoms with van der Waals surface area (Å²) in [5, 5.41) is 8.75. The summed E-state index contributed by atoms with van der Waals surface area (Å²) in [6.07, 6.45) is 10.8.